The van der Waals surface area contributed by atoms with E-state index in [0.717, 1.165) is 12.1 Å². The van der Waals surface area contributed by atoms with Crippen molar-refractivity contribution in [1.29, 1.82) is 0 Å². The third-order valence-corrected chi connectivity index (χ3v) is 1.92. The second-order valence-corrected chi connectivity index (χ2v) is 3.43. The molecule has 0 aliphatic carbocycles. The summed E-state index contributed by atoms with van der Waals surface area (Å²) in [5.41, 5.74) is -1.53. The van der Waals surface area contributed by atoms with Gasteiger partial charge in [-0.1, -0.05) is 15.9 Å². The topological polar surface area (TPSA) is 40.1 Å². The molecule has 14 heavy (non-hydrogen) atoms. The molecule has 0 saturated heterocycles. The number of hydrogen-bond donors (Lipinski definition) is 0. The molecule has 0 atom stereocenters. The van der Waals surface area contributed by atoms with Crippen molar-refractivity contribution in [3.8, 4) is 0 Å². The van der Waals surface area contributed by atoms with Crippen molar-refractivity contribution in [3.63, 3.8) is 0 Å². The zero-order valence-corrected chi connectivity index (χ0v) is 8.15. The molecule has 0 aliphatic heterocycles. The Labute approximate surface area is 85.5 Å². The zero-order chi connectivity index (χ0) is 10.9. The average molecular weight is 268 g/mol. The summed E-state index contributed by atoms with van der Waals surface area (Å²) in [5, 5.41) is 10.3. The minimum absolute atomic E-state index is 0.0477. The molecule has 0 N–H and O–H groups in total. The molecular weight excluding hydrogens is 265 g/mol. The lowest BCUT2D eigenvalue weighted by Crippen LogP contribution is -2.23. The summed E-state index contributed by atoms with van der Waals surface area (Å²) in [6.07, 6.45) is -4.56. The summed E-state index contributed by atoms with van der Waals surface area (Å²) in [7, 11) is 0. The number of hydrogen-bond acceptors (Lipinski definition) is 2. The van der Waals surface area contributed by atoms with Crippen LogP contribution < -0.4 is 5.11 Å². The van der Waals surface area contributed by atoms with Gasteiger partial charge in [0.1, 0.15) is 0 Å². The van der Waals surface area contributed by atoms with Crippen molar-refractivity contribution in [2.45, 2.75) is 6.18 Å². The van der Waals surface area contributed by atoms with Crippen LogP contribution in [0.2, 0.25) is 0 Å². The van der Waals surface area contributed by atoms with E-state index in [0.29, 0.717) is 6.07 Å². The number of alkyl halides is 3. The molecule has 0 saturated carbocycles. The molecule has 0 unspecified atom stereocenters. The number of aromatic carboxylic acids is 1. The molecule has 0 bridgehead atoms. The predicted octanol–water partition coefficient (Wildman–Crippen LogP) is 1.83. The van der Waals surface area contributed by atoms with Gasteiger partial charge in [-0.25, -0.2) is 0 Å². The summed E-state index contributed by atoms with van der Waals surface area (Å²) in [5.74, 6) is -1.64. The molecule has 0 aliphatic rings. The number of benzene rings is 1. The van der Waals surface area contributed by atoms with Crippen LogP contribution in [0.15, 0.2) is 22.7 Å². The molecule has 0 radical (unpaired) electrons. The third kappa shape index (κ3) is 2.47. The van der Waals surface area contributed by atoms with Crippen LogP contribution in [0.25, 0.3) is 0 Å². The van der Waals surface area contributed by atoms with E-state index in [1.165, 1.54) is 0 Å². The zero-order valence-electron chi connectivity index (χ0n) is 6.56. The van der Waals surface area contributed by atoms with Gasteiger partial charge in [0.05, 0.1) is 11.5 Å². The Kier molecular flexibility index (Phi) is 2.84. The van der Waals surface area contributed by atoms with E-state index in [4.69, 9.17) is 0 Å². The number of carbonyl (C=O) groups is 1. The fourth-order valence-corrected chi connectivity index (χ4v) is 1.36. The molecule has 1 aromatic carbocycles. The Hall–Kier alpha value is -1.04. The van der Waals surface area contributed by atoms with Crippen molar-refractivity contribution in [3.05, 3.63) is 33.8 Å². The molecule has 1 aromatic rings. The number of halogens is 4. The van der Waals surface area contributed by atoms with Crippen LogP contribution in [0.3, 0.4) is 0 Å². The maximum Gasteiger partial charge on any atom is 0.416 e. The van der Waals surface area contributed by atoms with Crippen LogP contribution in [0, 0.1) is 0 Å². The normalized spacial score (nSPS) is 11.4. The number of rotatable bonds is 1. The van der Waals surface area contributed by atoms with Crippen LogP contribution in [0.4, 0.5) is 13.2 Å². The van der Waals surface area contributed by atoms with Crippen molar-refractivity contribution in [2.24, 2.45) is 0 Å². The summed E-state index contributed by atoms with van der Waals surface area (Å²) < 4.78 is 36.6. The average Bonchev–Trinajstić information content (AvgIpc) is 2.01. The van der Waals surface area contributed by atoms with E-state index in [2.05, 4.69) is 15.9 Å². The summed E-state index contributed by atoms with van der Waals surface area (Å²) in [4.78, 5) is 10.3. The Balaban J connectivity index is 3.28. The highest BCUT2D eigenvalue weighted by Gasteiger charge is 2.31. The minimum Gasteiger partial charge on any atom is -0.545 e. The van der Waals surface area contributed by atoms with E-state index in [-0.39, 0.29) is 4.47 Å². The quantitative estimate of drug-likeness (QED) is 0.779. The van der Waals surface area contributed by atoms with Crippen molar-refractivity contribution in [2.75, 3.05) is 0 Å². The second-order valence-electron chi connectivity index (χ2n) is 2.51. The molecule has 6 heteroatoms. The summed E-state index contributed by atoms with van der Waals surface area (Å²) in [6.45, 7) is 0. The van der Waals surface area contributed by atoms with Gasteiger partial charge in [0, 0.05) is 4.47 Å². The highest BCUT2D eigenvalue weighted by atomic mass is 79.9. The smallest absolute Gasteiger partial charge is 0.416 e. The lowest BCUT2D eigenvalue weighted by atomic mass is 10.1. The highest BCUT2D eigenvalue weighted by Crippen LogP contribution is 2.31. The molecule has 0 fully saturated rings. The Morgan fingerprint density at radius 3 is 2.29 bits per heavy atom. The third-order valence-electron chi connectivity index (χ3n) is 1.46. The largest absolute Gasteiger partial charge is 0.545 e. The molecule has 0 heterocycles. The molecule has 2 nitrogen and oxygen atoms in total. The monoisotopic (exact) mass is 267 g/mol. The minimum atomic E-state index is -4.56. The highest BCUT2D eigenvalue weighted by molar-refractivity contribution is 9.10. The SMILES string of the molecule is O=C([O-])c1cc(Br)cc(C(F)(F)F)c1. The molecule has 1 rings (SSSR count). The van der Waals surface area contributed by atoms with Gasteiger partial charge in [-0.2, -0.15) is 13.2 Å². The number of carboxylic acids is 1. The molecule has 0 aromatic heterocycles. The standard InChI is InChI=1S/C8H4BrF3O2/c9-6-2-4(7(13)14)1-5(3-6)8(10,11)12/h1-3H,(H,13,14)/p-1. The van der Waals surface area contributed by atoms with Gasteiger partial charge in [0.15, 0.2) is 0 Å². The lowest BCUT2D eigenvalue weighted by molar-refractivity contribution is -0.255. The van der Waals surface area contributed by atoms with Crippen molar-refractivity contribution >= 4 is 21.9 Å². The van der Waals surface area contributed by atoms with Crippen LogP contribution in [-0.2, 0) is 6.18 Å². The van der Waals surface area contributed by atoms with Gasteiger partial charge >= 0.3 is 6.18 Å². The second kappa shape index (κ2) is 3.61. The Morgan fingerprint density at radius 1 is 1.29 bits per heavy atom. The van der Waals surface area contributed by atoms with Gasteiger partial charge in [-0.15, -0.1) is 0 Å². The van der Waals surface area contributed by atoms with Gasteiger partial charge in [0.2, 0.25) is 0 Å². The summed E-state index contributed by atoms with van der Waals surface area (Å²) >= 11 is 2.78. The molecular formula is C8H3BrF3O2-. The molecule has 76 valence electrons. The van der Waals surface area contributed by atoms with Crippen molar-refractivity contribution in [1.82, 2.24) is 0 Å². The summed E-state index contributed by atoms with van der Waals surface area (Å²) in [6, 6.07) is 2.37. The number of carboxylic acid groups (broad SMARTS) is 1. The first-order valence-electron chi connectivity index (χ1n) is 3.40. The first-order chi connectivity index (χ1) is 6.30. The van der Waals surface area contributed by atoms with Gasteiger partial charge < -0.3 is 9.90 Å². The predicted molar refractivity (Wildman–Crippen MR) is 43.5 cm³/mol. The van der Waals surface area contributed by atoms with E-state index < -0.39 is 23.3 Å². The fraction of sp³-hybridized carbons (Fsp3) is 0.125. The maximum atomic E-state index is 12.2. The fourth-order valence-electron chi connectivity index (χ4n) is 0.871. The van der Waals surface area contributed by atoms with E-state index in [1.807, 2.05) is 0 Å². The maximum absolute atomic E-state index is 12.2. The van der Waals surface area contributed by atoms with Gasteiger partial charge in [-0.05, 0) is 23.8 Å². The Morgan fingerprint density at radius 2 is 1.86 bits per heavy atom. The van der Waals surface area contributed by atoms with Crippen molar-refractivity contribution < 1.29 is 23.1 Å². The van der Waals surface area contributed by atoms with Crippen LogP contribution in [-0.4, -0.2) is 5.97 Å². The van der Waals surface area contributed by atoms with E-state index >= 15 is 0 Å². The molecule has 0 amide bonds. The first-order valence-corrected chi connectivity index (χ1v) is 4.19. The molecule has 0 spiro atoms. The van der Waals surface area contributed by atoms with E-state index in [9.17, 15) is 23.1 Å². The Bertz CT molecular complexity index is 373. The van der Waals surface area contributed by atoms with Crippen LogP contribution in [0.1, 0.15) is 15.9 Å². The van der Waals surface area contributed by atoms with Gasteiger partial charge in [-0.3, -0.25) is 0 Å². The first kappa shape index (κ1) is 11.0. The van der Waals surface area contributed by atoms with E-state index in [1.54, 1.807) is 0 Å². The lowest BCUT2D eigenvalue weighted by Gasteiger charge is -2.10. The van der Waals surface area contributed by atoms with Crippen LogP contribution >= 0.6 is 15.9 Å². The number of carbonyl (C=O) groups excluding carboxylic acids is 1. The van der Waals surface area contributed by atoms with Gasteiger partial charge in [0.25, 0.3) is 0 Å². The van der Waals surface area contributed by atoms with Crippen LogP contribution in [0.5, 0.6) is 0 Å².